The summed E-state index contributed by atoms with van der Waals surface area (Å²) in [4.78, 5) is 8.37. The van der Waals surface area contributed by atoms with Crippen molar-refractivity contribution in [2.75, 3.05) is 0 Å². The monoisotopic (exact) mass is 200 g/mol. The standard InChI is InChI=1S/C13H16N2/c1-8(2)10-5-6-11-13(15-7-14-11)12(10)9(3)4/h5-6,8-9H,1-4H3. The number of hydrogen-bond acceptors (Lipinski definition) is 2. The first-order valence-electron chi connectivity index (χ1n) is 5.44. The molecule has 0 spiro atoms. The Bertz CT molecular complexity index is 450. The fourth-order valence-electron chi connectivity index (χ4n) is 2.06. The maximum absolute atomic E-state index is 4.25. The zero-order valence-corrected chi connectivity index (χ0v) is 9.70. The highest BCUT2D eigenvalue weighted by molar-refractivity contribution is 5.79. The van der Waals surface area contributed by atoms with E-state index in [0.717, 1.165) is 11.4 Å². The number of nitrogens with zero attached hydrogens (tertiary/aromatic N) is 2. The first-order valence-corrected chi connectivity index (χ1v) is 5.44. The second-order valence-electron chi connectivity index (χ2n) is 4.57. The minimum Gasteiger partial charge on any atom is -0.185 e. The number of benzene rings is 1. The van der Waals surface area contributed by atoms with E-state index in [0.29, 0.717) is 11.8 Å². The Kier molecular flexibility index (Phi) is 2.45. The van der Waals surface area contributed by atoms with Crippen molar-refractivity contribution in [2.45, 2.75) is 39.5 Å². The number of hydrogen-bond donors (Lipinski definition) is 0. The van der Waals surface area contributed by atoms with Crippen LogP contribution < -0.4 is 0 Å². The van der Waals surface area contributed by atoms with E-state index >= 15 is 0 Å². The summed E-state index contributed by atoms with van der Waals surface area (Å²) < 4.78 is 0. The van der Waals surface area contributed by atoms with Gasteiger partial charge in [-0.1, -0.05) is 33.8 Å². The first kappa shape index (κ1) is 10.1. The van der Waals surface area contributed by atoms with Crippen molar-refractivity contribution < 1.29 is 0 Å². The summed E-state index contributed by atoms with van der Waals surface area (Å²) in [6.07, 6.45) is 0. The van der Waals surface area contributed by atoms with Crippen LogP contribution in [0.1, 0.15) is 50.7 Å². The molecule has 2 rings (SSSR count). The average Bonchev–Trinajstić information content (AvgIpc) is 2.62. The Labute approximate surface area is 90.8 Å². The van der Waals surface area contributed by atoms with Crippen molar-refractivity contribution in [3.05, 3.63) is 23.3 Å². The highest BCUT2D eigenvalue weighted by atomic mass is 14.9. The Balaban J connectivity index is 2.65. The topological polar surface area (TPSA) is 24.7 Å². The molecule has 0 N–H and O–H groups in total. The molecule has 2 heteroatoms. The van der Waals surface area contributed by atoms with Gasteiger partial charge in [0.15, 0.2) is 0 Å². The van der Waals surface area contributed by atoms with Crippen molar-refractivity contribution in [1.82, 2.24) is 0 Å². The van der Waals surface area contributed by atoms with Crippen LogP contribution in [0.25, 0.3) is 0 Å². The van der Waals surface area contributed by atoms with E-state index in [2.05, 4.69) is 49.8 Å². The molecule has 1 aliphatic rings. The van der Waals surface area contributed by atoms with Crippen LogP contribution in [0.15, 0.2) is 22.1 Å². The predicted molar refractivity (Wildman–Crippen MR) is 63.8 cm³/mol. The van der Waals surface area contributed by atoms with Crippen LogP contribution in [0.5, 0.6) is 0 Å². The summed E-state index contributed by atoms with van der Waals surface area (Å²) >= 11 is 0. The zero-order valence-electron chi connectivity index (χ0n) is 9.70. The van der Waals surface area contributed by atoms with Gasteiger partial charge in [-0.3, -0.25) is 0 Å². The summed E-state index contributed by atoms with van der Waals surface area (Å²) in [5, 5.41) is 0. The van der Waals surface area contributed by atoms with Gasteiger partial charge in [-0.05, 0) is 29.0 Å². The molecule has 15 heavy (non-hydrogen) atoms. The second kappa shape index (κ2) is 3.63. The molecular weight excluding hydrogens is 184 g/mol. The molecule has 0 amide bonds. The van der Waals surface area contributed by atoms with Crippen LogP contribution in [0.3, 0.4) is 0 Å². The minimum atomic E-state index is 0.483. The normalized spacial score (nSPS) is 12.9. The van der Waals surface area contributed by atoms with E-state index in [-0.39, 0.29) is 0 Å². The molecule has 0 unspecified atom stereocenters. The SMILES string of the molecule is CC(C)c1ccc2c(c1C(C)C)N=C=N2. The van der Waals surface area contributed by atoms with Gasteiger partial charge in [0.05, 0.1) is 0 Å². The van der Waals surface area contributed by atoms with Crippen molar-refractivity contribution >= 4 is 17.4 Å². The van der Waals surface area contributed by atoms with Crippen LogP contribution in [-0.4, -0.2) is 6.01 Å². The molecule has 0 atom stereocenters. The van der Waals surface area contributed by atoms with Crippen molar-refractivity contribution in [3.8, 4) is 0 Å². The molecule has 1 aromatic carbocycles. The van der Waals surface area contributed by atoms with Gasteiger partial charge >= 0.3 is 0 Å². The molecule has 0 saturated carbocycles. The molecule has 2 nitrogen and oxygen atoms in total. The molecular formula is C13H16N2. The Morgan fingerprint density at radius 1 is 1.00 bits per heavy atom. The van der Waals surface area contributed by atoms with E-state index < -0.39 is 0 Å². The predicted octanol–water partition coefficient (Wildman–Crippen LogP) is 4.38. The molecule has 0 saturated heterocycles. The lowest BCUT2D eigenvalue weighted by Crippen LogP contribution is -1.98. The lowest BCUT2D eigenvalue weighted by molar-refractivity contribution is 0.791. The smallest absolute Gasteiger partial charge is 0.105 e. The van der Waals surface area contributed by atoms with Gasteiger partial charge in [-0.25, -0.2) is 0 Å². The lowest BCUT2D eigenvalue weighted by atomic mass is 9.89. The molecule has 0 radical (unpaired) electrons. The zero-order chi connectivity index (χ0) is 11.0. The maximum Gasteiger partial charge on any atom is 0.105 e. The molecule has 0 fully saturated rings. The maximum atomic E-state index is 4.25. The van der Waals surface area contributed by atoms with Gasteiger partial charge < -0.3 is 0 Å². The fraction of sp³-hybridized carbons (Fsp3) is 0.462. The number of fused-ring (bicyclic) bond motifs is 1. The van der Waals surface area contributed by atoms with Crippen molar-refractivity contribution in [2.24, 2.45) is 9.98 Å². The molecule has 1 aliphatic heterocycles. The second-order valence-corrected chi connectivity index (χ2v) is 4.57. The Morgan fingerprint density at radius 2 is 1.73 bits per heavy atom. The third kappa shape index (κ3) is 1.62. The minimum absolute atomic E-state index is 0.483. The van der Waals surface area contributed by atoms with Gasteiger partial charge in [-0.15, -0.1) is 0 Å². The van der Waals surface area contributed by atoms with Gasteiger partial charge in [0.25, 0.3) is 0 Å². The third-order valence-corrected chi connectivity index (χ3v) is 2.76. The Hall–Kier alpha value is -1.40. The van der Waals surface area contributed by atoms with Crippen molar-refractivity contribution in [3.63, 3.8) is 0 Å². The van der Waals surface area contributed by atoms with E-state index in [1.165, 1.54) is 11.1 Å². The summed E-state index contributed by atoms with van der Waals surface area (Å²) in [5.41, 5.74) is 4.70. The van der Waals surface area contributed by atoms with E-state index in [4.69, 9.17) is 0 Å². The molecule has 1 aromatic rings. The summed E-state index contributed by atoms with van der Waals surface area (Å²) in [6, 6.07) is 6.91. The summed E-state index contributed by atoms with van der Waals surface area (Å²) in [5.74, 6) is 1.01. The van der Waals surface area contributed by atoms with Gasteiger partial charge in [0.2, 0.25) is 0 Å². The van der Waals surface area contributed by atoms with Crippen LogP contribution in [0.4, 0.5) is 11.4 Å². The highest BCUT2D eigenvalue weighted by Crippen LogP contribution is 2.42. The van der Waals surface area contributed by atoms with Gasteiger partial charge in [0, 0.05) is 0 Å². The summed E-state index contributed by atoms with van der Waals surface area (Å²) in [6.45, 7) is 8.84. The number of rotatable bonds is 2. The average molecular weight is 200 g/mol. The van der Waals surface area contributed by atoms with E-state index in [1.807, 2.05) is 6.07 Å². The van der Waals surface area contributed by atoms with E-state index in [1.54, 1.807) is 0 Å². The molecule has 78 valence electrons. The number of aliphatic imine (C=N–C) groups is 2. The van der Waals surface area contributed by atoms with Crippen LogP contribution in [-0.2, 0) is 0 Å². The van der Waals surface area contributed by atoms with Gasteiger partial charge in [0.1, 0.15) is 17.4 Å². The molecule has 0 aliphatic carbocycles. The van der Waals surface area contributed by atoms with Gasteiger partial charge in [-0.2, -0.15) is 9.98 Å². The quantitative estimate of drug-likeness (QED) is 0.687. The van der Waals surface area contributed by atoms with Crippen molar-refractivity contribution in [1.29, 1.82) is 0 Å². The molecule has 1 heterocycles. The third-order valence-electron chi connectivity index (χ3n) is 2.76. The molecule has 0 aromatic heterocycles. The fourth-order valence-corrected chi connectivity index (χ4v) is 2.06. The van der Waals surface area contributed by atoms with Crippen LogP contribution >= 0.6 is 0 Å². The molecule has 0 bridgehead atoms. The van der Waals surface area contributed by atoms with E-state index in [9.17, 15) is 0 Å². The Morgan fingerprint density at radius 3 is 2.33 bits per heavy atom. The largest absolute Gasteiger partial charge is 0.185 e. The van der Waals surface area contributed by atoms with Crippen LogP contribution in [0.2, 0.25) is 0 Å². The highest BCUT2D eigenvalue weighted by Gasteiger charge is 2.18. The summed E-state index contributed by atoms with van der Waals surface area (Å²) in [7, 11) is 0. The van der Waals surface area contributed by atoms with Crippen LogP contribution in [0, 0.1) is 0 Å². The first-order chi connectivity index (χ1) is 7.11. The lowest BCUT2D eigenvalue weighted by Gasteiger charge is -2.17.